The number of rotatable bonds is 1. The van der Waals surface area contributed by atoms with Gasteiger partial charge in [-0.05, 0) is 54.5 Å². The number of ether oxygens (including phenoxy) is 2. The van der Waals surface area contributed by atoms with Gasteiger partial charge < -0.3 is 14.6 Å². The van der Waals surface area contributed by atoms with E-state index in [0.717, 1.165) is 37.7 Å². The van der Waals surface area contributed by atoms with Crippen LogP contribution in [0.15, 0.2) is 29.4 Å². The summed E-state index contributed by atoms with van der Waals surface area (Å²) < 4.78 is 11.9. The zero-order valence-electron chi connectivity index (χ0n) is 15.4. The molecule has 1 spiro atoms. The van der Waals surface area contributed by atoms with Gasteiger partial charge in [0, 0.05) is 18.3 Å². The summed E-state index contributed by atoms with van der Waals surface area (Å²) in [7, 11) is 0. The minimum absolute atomic E-state index is 0.0446. The molecule has 4 nitrogen and oxygen atoms in total. The minimum atomic E-state index is -0.838. The molecule has 0 amide bonds. The van der Waals surface area contributed by atoms with Crippen LogP contribution in [-0.4, -0.2) is 30.1 Å². The normalized spacial score (nSPS) is 28.6. The molecule has 4 aliphatic rings. The van der Waals surface area contributed by atoms with Gasteiger partial charge in [-0.25, -0.2) is 4.79 Å². The summed E-state index contributed by atoms with van der Waals surface area (Å²) in [5, 5.41) is 9.46. The Labute approximate surface area is 153 Å². The number of aromatic carboxylic acids is 1. The summed E-state index contributed by atoms with van der Waals surface area (Å²) in [5.41, 5.74) is 8.20. The predicted octanol–water partition coefficient (Wildman–Crippen LogP) is 4.27. The highest BCUT2D eigenvalue weighted by molar-refractivity contribution is 5.92. The molecule has 1 N–H and O–H groups in total. The third-order valence-electron chi connectivity index (χ3n) is 7.08. The van der Waals surface area contributed by atoms with Crippen LogP contribution < -0.4 is 0 Å². The molecule has 0 bridgehead atoms. The monoisotopic (exact) mass is 352 g/mol. The molecule has 4 heteroatoms. The van der Waals surface area contributed by atoms with E-state index >= 15 is 0 Å². The second kappa shape index (κ2) is 5.30. The molecular weight excluding hydrogens is 328 g/mol. The molecule has 1 heterocycles. The molecule has 0 aromatic heterocycles. The largest absolute Gasteiger partial charge is 0.478 e. The van der Waals surface area contributed by atoms with Crippen molar-refractivity contribution in [1.82, 2.24) is 0 Å². The van der Waals surface area contributed by atoms with E-state index in [2.05, 4.69) is 13.0 Å². The van der Waals surface area contributed by atoms with Crippen molar-refractivity contribution < 1.29 is 19.4 Å². The molecule has 1 saturated carbocycles. The van der Waals surface area contributed by atoms with Crippen LogP contribution in [0, 0.1) is 12.3 Å². The van der Waals surface area contributed by atoms with Crippen molar-refractivity contribution in [2.24, 2.45) is 5.41 Å². The third kappa shape index (κ3) is 2.06. The number of carboxylic acid groups (broad SMARTS) is 1. The molecule has 26 heavy (non-hydrogen) atoms. The first kappa shape index (κ1) is 16.3. The Morgan fingerprint density at radius 1 is 1.19 bits per heavy atom. The molecule has 1 atom stereocenters. The maximum atomic E-state index is 11.5. The van der Waals surface area contributed by atoms with Crippen LogP contribution >= 0.6 is 0 Å². The van der Waals surface area contributed by atoms with Crippen LogP contribution in [0.1, 0.15) is 59.7 Å². The van der Waals surface area contributed by atoms with Crippen LogP contribution in [0.3, 0.4) is 0 Å². The Kier molecular flexibility index (Phi) is 3.32. The average Bonchev–Trinajstić information content (AvgIpc) is 3.22. The molecule has 0 radical (unpaired) electrons. The van der Waals surface area contributed by atoms with E-state index in [1.54, 1.807) is 6.07 Å². The van der Waals surface area contributed by atoms with Crippen molar-refractivity contribution in [3.63, 3.8) is 0 Å². The number of benzene rings is 1. The van der Waals surface area contributed by atoms with Crippen molar-refractivity contribution in [2.75, 3.05) is 13.2 Å². The Hall–Kier alpha value is -1.91. The molecule has 2 fully saturated rings. The highest BCUT2D eigenvalue weighted by Crippen LogP contribution is 2.58. The maximum Gasteiger partial charge on any atom is 0.335 e. The molecule has 3 aliphatic carbocycles. The molecule has 1 aliphatic heterocycles. The quantitative estimate of drug-likeness (QED) is 0.767. The van der Waals surface area contributed by atoms with Gasteiger partial charge in [-0.2, -0.15) is 0 Å². The summed E-state index contributed by atoms with van der Waals surface area (Å²) in [5.74, 6) is -1.24. The van der Waals surface area contributed by atoms with Crippen molar-refractivity contribution in [2.45, 2.75) is 51.7 Å². The number of carbonyl (C=O) groups is 1. The fraction of sp³-hybridized carbons (Fsp3) is 0.500. The molecule has 1 aromatic rings. The first-order chi connectivity index (χ1) is 12.4. The van der Waals surface area contributed by atoms with Crippen molar-refractivity contribution in [3.05, 3.63) is 51.6 Å². The van der Waals surface area contributed by atoms with Gasteiger partial charge in [-0.1, -0.05) is 30.2 Å². The molecule has 0 unspecified atom stereocenters. The minimum Gasteiger partial charge on any atom is -0.478 e. The first-order valence-corrected chi connectivity index (χ1v) is 9.50. The van der Waals surface area contributed by atoms with Crippen molar-refractivity contribution in [1.29, 1.82) is 0 Å². The number of hydrogen-bond donors (Lipinski definition) is 1. The highest BCUT2D eigenvalue weighted by Gasteiger charge is 2.51. The van der Waals surface area contributed by atoms with Gasteiger partial charge >= 0.3 is 5.97 Å². The Morgan fingerprint density at radius 2 is 1.96 bits per heavy atom. The molecular formula is C22H24O4. The third-order valence-corrected chi connectivity index (χ3v) is 7.08. The lowest BCUT2D eigenvalue weighted by Gasteiger charge is -2.47. The lowest BCUT2D eigenvalue weighted by atomic mass is 9.62. The second-order valence-electron chi connectivity index (χ2n) is 8.25. The topological polar surface area (TPSA) is 55.8 Å². The van der Waals surface area contributed by atoms with E-state index < -0.39 is 11.8 Å². The summed E-state index contributed by atoms with van der Waals surface area (Å²) >= 11 is 0. The van der Waals surface area contributed by atoms with Gasteiger partial charge in [-0.3, -0.25) is 0 Å². The second-order valence-corrected chi connectivity index (χ2v) is 8.25. The summed E-state index contributed by atoms with van der Waals surface area (Å²) in [6.07, 6.45) is 6.98. The lowest BCUT2D eigenvalue weighted by Crippen LogP contribution is -2.42. The fourth-order valence-electron chi connectivity index (χ4n) is 5.49. The van der Waals surface area contributed by atoms with E-state index in [1.165, 1.54) is 27.8 Å². The van der Waals surface area contributed by atoms with E-state index in [4.69, 9.17) is 9.47 Å². The van der Waals surface area contributed by atoms with Gasteiger partial charge in [-0.15, -0.1) is 0 Å². The zero-order chi connectivity index (χ0) is 18.1. The standard InChI is InChI=1S/C22H24O4/c1-13-15(20(23)24)5-6-16-17-4-3-14-12-22(25-9-10-26-22)8-7-21(14,2)19(17)11-18(13)16/h3,5-6H,4,7-12H2,1-2H3,(H,23,24)/t21-/m0/s1. The molecule has 1 saturated heterocycles. The van der Waals surface area contributed by atoms with E-state index in [1.807, 2.05) is 13.0 Å². The van der Waals surface area contributed by atoms with E-state index in [-0.39, 0.29) is 5.41 Å². The number of allylic oxidation sites excluding steroid dienone is 3. The molecule has 5 rings (SSSR count). The summed E-state index contributed by atoms with van der Waals surface area (Å²) in [6.45, 7) is 5.70. The Morgan fingerprint density at radius 3 is 2.69 bits per heavy atom. The Bertz CT molecular complexity index is 886. The van der Waals surface area contributed by atoms with Crippen LogP contribution in [0.5, 0.6) is 0 Å². The number of hydrogen-bond acceptors (Lipinski definition) is 3. The average molecular weight is 352 g/mol. The first-order valence-electron chi connectivity index (χ1n) is 9.50. The number of fused-ring (bicyclic) bond motifs is 4. The summed E-state index contributed by atoms with van der Waals surface area (Å²) in [4.78, 5) is 11.5. The van der Waals surface area contributed by atoms with Gasteiger partial charge in [0.2, 0.25) is 0 Å². The van der Waals surface area contributed by atoms with Gasteiger partial charge in [0.1, 0.15) is 0 Å². The maximum absolute atomic E-state index is 11.5. The van der Waals surface area contributed by atoms with Gasteiger partial charge in [0.05, 0.1) is 18.8 Å². The van der Waals surface area contributed by atoms with E-state index in [9.17, 15) is 9.90 Å². The smallest absolute Gasteiger partial charge is 0.335 e. The summed E-state index contributed by atoms with van der Waals surface area (Å²) in [6, 6.07) is 3.79. The van der Waals surface area contributed by atoms with Crippen LogP contribution in [0.4, 0.5) is 0 Å². The van der Waals surface area contributed by atoms with Crippen LogP contribution in [0.2, 0.25) is 0 Å². The van der Waals surface area contributed by atoms with Crippen molar-refractivity contribution in [3.8, 4) is 0 Å². The van der Waals surface area contributed by atoms with Crippen LogP contribution in [-0.2, 0) is 15.9 Å². The lowest BCUT2D eigenvalue weighted by molar-refractivity contribution is -0.174. The van der Waals surface area contributed by atoms with Gasteiger partial charge in [0.15, 0.2) is 5.79 Å². The van der Waals surface area contributed by atoms with Crippen LogP contribution in [0.25, 0.3) is 5.57 Å². The zero-order valence-corrected chi connectivity index (χ0v) is 15.4. The number of carboxylic acids is 1. The SMILES string of the molecule is Cc1c(C(=O)O)ccc2c1CC1=C2CC=C2CC3(CC[C@@]21C)OCCO3. The fourth-order valence-corrected chi connectivity index (χ4v) is 5.49. The Balaban J connectivity index is 1.53. The highest BCUT2D eigenvalue weighted by atomic mass is 16.7. The molecule has 136 valence electrons. The predicted molar refractivity (Wildman–Crippen MR) is 98.1 cm³/mol. The van der Waals surface area contributed by atoms with Gasteiger partial charge in [0.25, 0.3) is 0 Å². The van der Waals surface area contributed by atoms with Crippen molar-refractivity contribution >= 4 is 11.5 Å². The molecule has 1 aromatic carbocycles. The van der Waals surface area contributed by atoms with E-state index in [0.29, 0.717) is 18.8 Å².